The van der Waals surface area contributed by atoms with Gasteiger partial charge in [0.1, 0.15) is 5.75 Å². The molecular weight excluding hydrogens is 198 g/mol. The lowest BCUT2D eigenvalue weighted by molar-refractivity contribution is -0.118. The van der Waals surface area contributed by atoms with Crippen LogP contribution in [0.2, 0.25) is 0 Å². The molecule has 5 heteroatoms. The van der Waals surface area contributed by atoms with Gasteiger partial charge >= 0.3 is 5.97 Å². The highest BCUT2D eigenvalue weighted by Gasteiger charge is 2.03. The van der Waals surface area contributed by atoms with Gasteiger partial charge in [0, 0.05) is 0 Å². The van der Waals surface area contributed by atoms with Crippen molar-refractivity contribution in [2.75, 3.05) is 6.61 Å². The molecule has 3 N–H and O–H groups in total. The minimum atomic E-state index is -1.02. The average Bonchev–Trinajstić information content (AvgIpc) is 2.17. The average molecular weight is 209 g/mol. The Morgan fingerprint density at radius 2 is 2.13 bits per heavy atom. The maximum atomic E-state index is 10.6. The van der Waals surface area contributed by atoms with Crippen molar-refractivity contribution < 1.29 is 19.4 Å². The lowest BCUT2D eigenvalue weighted by Gasteiger charge is -2.04. The zero-order valence-corrected chi connectivity index (χ0v) is 7.97. The quantitative estimate of drug-likeness (QED) is 0.744. The van der Waals surface area contributed by atoms with E-state index in [-0.39, 0.29) is 18.6 Å². The molecule has 0 aromatic heterocycles. The Balaban J connectivity index is 2.58. The number of primary amides is 1. The van der Waals surface area contributed by atoms with E-state index in [1.165, 1.54) is 12.1 Å². The maximum absolute atomic E-state index is 10.6. The molecule has 1 aromatic carbocycles. The SMILES string of the molecule is NC(=O)CCOc1cccc(C(=O)O)c1. The van der Waals surface area contributed by atoms with Gasteiger partial charge in [-0.05, 0) is 18.2 Å². The molecule has 1 aromatic rings. The van der Waals surface area contributed by atoms with Crippen LogP contribution in [0.1, 0.15) is 16.8 Å². The number of hydrogen-bond acceptors (Lipinski definition) is 3. The zero-order valence-electron chi connectivity index (χ0n) is 7.97. The van der Waals surface area contributed by atoms with E-state index in [9.17, 15) is 9.59 Å². The molecule has 0 aliphatic heterocycles. The summed E-state index contributed by atoms with van der Waals surface area (Å²) in [5.41, 5.74) is 5.07. The number of carbonyl (C=O) groups excluding carboxylic acids is 1. The third-order valence-corrected chi connectivity index (χ3v) is 1.70. The molecule has 0 saturated carbocycles. The molecule has 0 aliphatic rings. The summed E-state index contributed by atoms with van der Waals surface area (Å²) >= 11 is 0. The number of carboxylic acids is 1. The molecule has 0 atom stereocenters. The first-order valence-electron chi connectivity index (χ1n) is 4.34. The van der Waals surface area contributed by atoms with Crippen LogP contribution >= 0.6 is 0 Å². The summed E-state index contributed by atoms with van der Waals surface area (Å²) in [4.78, 5) is 21.0. The molecule has 5 nitrogen and oxygen atoms in total. The number of aromatic carboxylic acids is 1. The summed E-state index contributed by atoms with van der Waals surface area (Å²) in [6, 6.07) is 6.04. The Morgan fingerprint density at radius 1 is 1.40 bits per heavy atom. The Labute approximate surface area is 86.5 Å². The van der Waals surface area contributed by atoms with E-state index in [1.807, 2.05) is 0 Å². The van der Waals surface area contributed by atoms with Crippen LogP contribution in [0, 0.1) is 0 Å². The van der Waals surface area contributed by atoms with Gasteiger partial charge in [0.25, 0.3) is 0 Å². The van der Waals surface area contributed by atoms with Crippen LogP contribution in [0.3, 0.4) is 0 Å². The summed E-state index contributed by atoms with van der Waals surface area (Å²) in [7, 11) is 0. The van der Waals surface area contributed by atoms with E-state index in [4.69, 9.17) is 15.6 Å². The van der Waals surface area contributed by atoms with E-state index in [1.54, 1.807) is 12.1 Å². The predicted octanol–water partition coefficient (Wildman–Crippen LogP) is 0.639. The number of amides is 1. The van der Waals surface area contributed by atoms with Gasteiger partial charge in [-0.25, -0.2) is 4.79 Å². The van der Waals surface area contributed by atoms with Crippen molar-refractivity contribution in [1.82, 2.24) is 0 Å². The Hall–Kier alpha value is -2.04. The fourth-order valence-corrected chi connectivity index (χ4v) is 0.988. The van der Waals surface area contributed by atoms with Crippen LogP contribution in [0.15, 0.2) is 24.3 Å². The highest BCUT2D eigenvalue weighted by atomic mass is 16.5. The van der Waals surface area contributed by atoms with Crippen LogP contribution < -0.4 is 10.5 Å². The second-order valence-electron chi connectivity index (χ2n) is 2.90. The van der Waals surface area contributed by atoms with Gasteiger partial charge in [-0.15, -0.1) is 0 Å². The molecule has 0 saturated heterocycles. The van der Waals surface area contributed by atoms with Gasteiger partial charge in [-0.3, -0.25) is 4.79 Å². The Morgan fingerprint density at radius 3 is 2.73 bits per heavy atom. The van der Waals surface area contributed by atoms with E-state index in [0.717, 1.165) is 0 Å². The number of hydrogen-bond donors (Lipinski definition) is 2. The van der Waals surface area contributed by atoms with Gasteiger partial charge in [0.15, 0.2) is 0 Å². The van der Waals surface area contributed by atoms with E-state index >= 15 is 0 Å². The van der Waals surface area contributed by atoms with E-state index < -0.39 is 11.9 Å². The molecule has 0 unspecified atom stereocenters. The first-order valence-corrected chi connectivity index (χ1v) is 4.34. The Kier molecular flexibility index (Phi) is 3.68. The molecule has 0 heterocycles. The Bertz CT molecular complexity index is 375. The first-order chi connectivity index (χ1) is 7.09. The van der Waals surface area contributed by atoms with Gasteiger partial charge in [0.05, 0.1) is 18.6 Å². The summed E-state index contributed by atoms with van der Waals surface area (Å²) in [5, 5.41) is 8.69. The summed E-state index contributed by atoms with van der Waals surface area (Å²) in [6.45, 7) is 0.151. The van der Waals surface area contributed by atoms with Gasteiger partial charge in [0.2, 0.25) is 5.91 Å². The van der Waals surface area contributed by atoms with E-state index in [2.05, 4.69) is 0 Å². The fourth-order valence-electron chi connectivity index (χ4n) is 0.988. The van der Waals surface area contributed by atoms with Crippen molar-refractivity contribution >= 4 is 11.9 Å². The first kappa shape index (κ1) is 11.0. The number of benzene rings is 1. The van der Waals surface area contributed by atoms with Crippen molar-refractivity contribution in [3.05, 3.63) is 29.8 Å². The standard InChI is InChI=1S/C10H11NO4/c11-9(12)4-5-15-8-3-1-2-7(6-8)10(13)14/h1-3,6H,4-5H2,(H2,11,12)(H,13,14). The molecule has 0 bridgehead atoms. The van der Waals surface area contributed by atoms with Gasteiger partial charge < -0.3 is 15.6 Å². The van der Waals surface area contributed by atoms with Crippen molar-refractivity contribution in [2.45, 2.75) is 6.42 Å². The molecule has 0 radical (unpaired) electrons. The molecule has 15 heavy (non-hydrogen) atoms. The normalized spacial score (nSPS) is 9.60. The predicted molar refractivity (Wildman–Crippen MR) is 52.7 cm³/mol. The minimum absolute atomic E-state index is 0.108. The lowest BCUT2D eigenvalue weighted by Crippen LogP contribution is -2.14. The van der Waals surface area contributed by atoms with Crippen molar-refractivity contribution in [3.8, 4) is 5.75 Å². The molecular formula is C10H11NO4. The number of rotatable bonds is 5. The fraction of sp³-hybridized carbons (Fsp3) is 0.200. The van der Waals surface area contributed by atoms with Crippen molar-refractivity contribution in [1.29, 1.82) is 0 Å². The minimum Gasteiger partial charge on any atom is -0.493 e. The molecule has 1 rings (SSSR count). The smallest absolute Gasteiger partial charge is 0.335 e. The maximum Gasteiger partial charge on any atom is 0.335 e. The second kappa shape index (κ2) is 4.99. The van der Waals surface area contributed by atoms with Crippen LogP contribution in [0.4, 0.5) is 0 Å². The lowest BCUT2D eigenvalue weighted by atomic mass is 10.2. The summed E-state index contributed by atoms with van der Waals surface area (Å²) < 4.78 is 5.14. The molecule has 0 spiro atoms. The van der Waals surface area contributed by atoms with E-state index in [0.29, 0.717) is 5.75 Å². The van der Waals surface area contributed by atoms with Crippen molar-refractivity contribution in [3.63, 3.8) is 0 Å². The van der Waals surface area contributed by atoms with Gasteiger partial charge in [-0.2, -0.15) is 0 Å². The third-order valence-electron chi connectivity index (χ3n) is 1.70. The monoisotopic (exact) mass is 209 g/mol. The number of carboxylic acid groups (broad SMARTS) is 1. The largest absolute Gasteiger partial charge is 0.493 e. The molecule has 80 valence electrons. The zero-order chi connectivity index (χ0) is 11.3. The topological polar surface area (TPSA) is 89.6 Å². The molecule has 0 aliphatic carbocycles. The summed E-state index contributed by atoms with van der Waals surface area (Å²) in [5.74, 6) is -1.06. The highest BCUT2D eigenvalue weighted by molar-refractivity contribution is 5.88. The number of ether oxygens (including phenoxy) is 1. The van der Waals surface area contributed by atoms with Crippen LogP contribution in [0.5, 0.6) is 5.75 Å². The molecule has 1 amide bonds. The van der Waals surface area contributed by atoms with Crippen LogP contribution in [0.25, 0.3) is 0 Å². The number of nitrogens with two attached hydrogens (primary N) is 1. The highest BCUT2D eigenvalue weighted by Crippen LogP contribution is 2.13. The second-order valence-corrected chi connectivity index (χ2v) is 2.90. The summed E-state index contributed by atoms with van der Waals surface area (Å²) in [6.07, 6.45) is 0.108. The number of carbonyl (C=O) groups is 2. The van der Waals surface area contributed by atoms with Crippen molar-refractivity contribution in [2.24, 2.45) is 5.73 Å². The molecule has 0 fully saturated rings. The van der Waals surface area contributed by atoms with Crippen LogP contribution in [-0.2, 0) is 4.79 Å². The third kappa shape index (κ3) is 3.68. The van der Waals surface area contributed by atoms with Gasteiger partial charge in [-0.1, -0.05) is 6.07 Å². The van der Waals surface area contributed by atoms with Crippen LogP contribution in [-0.4, -0.2) is 23.6 Å².